The molecule has 2 heterocycles. The van der Waals surface area contributed by atoms with Crippen molar-refractivity contribution in [2.75, 3.05) is 19.6 Å². The van der Waals surface area contributed by atoms with E-state index in [1.807, 2.05) is 12.1 Å². The van der Waals surface area contributed by atoms with Gasteiger partial charge in [-0.05, 0) is 12.1 Å². The minimum Gasteiger partial charge on any atom is -0.468 e. The molecule has 1 N–H and O–H groups in total. The molecule has 0 saturated carbocycles. The van der Waals surface area contributed by atoms with Gasteiger partial charge in [-0.3, -0.25) is 4.90 Å². The Bertz CT molecular complexity index is 214. The fraction of sp³-hybridized carbons (Fsp3) is 0.444. The highest BCUT2D eigenvalue weighted by atomic mass is 16.3. The van der Waals surface area contributed by atoms with Gasteiger partial charge in [0.15, 0.2) is 0 Å². The Hall–Kier alpha value is -0.800. The Balaban J connectivity index is 1.86. The molecule has 1 aliphatic rings. The lowest BCUT2D eigenvalue weighted by Crippen LogP contribution is -2.39. The predicted molar refractivity (Wildman–Crippen MR) is 46.3 cm³/mol. The molecule has 0 spiro atoms. The molecule has 0 bridgehead atoms. The average molecular weight is 165 g/mol. The lowest BCUT2D eigenvalue weighted by molar-refractivity contribution is 0.263. The van der Waals surface area contributed by atoms with Crippen LogP contribution in [0.15, 0.2) is 22.8 Å². The van der Waals surface area contributed by atoms with Crippen LogP contribution in [0.4, 0.5) is 0 Å². The van der Waals surface area contributed by atoms with Crippen LogP contribution in [0.2, 0.25) is 0 Å². The van der Waals surface area contributed by atoms with Crippen molar-refractivity contribution in [3.63, 3.8) is 0 Å². The van der Waals surface area contributed by atoms with Crippen LogP contribution in [-0.4, -0.2) is 24.5 Å². The summed E-state index contributed by atoms with van der Waals surface area (Å²) in [6.07, 6.45) is 1.72. The minimum absolute atomic E-state index is 0.898. The van der Waals surface area contributed by atoms with Crippen molar-refractivity contribution in [1.82, 2.24) is 10.2 Å². The molecule has 0 atom stereocenters. The summed E-state index contributed by atoms with van der Waals surface area (Å²) in [5, 5.41) is 3.27. The van der Waals surface area contributed by atoms with Gasteiger partial charge in [-0.15, -0.1) is 0 Å². The van der Waals surface area contributed by atoms with Crippen molar-refractivity contribution in [3.8, 4) is 0 Å². The van der Waals surface area contributed by atoms with Crippen molar-refractivity contribution < 1.29 is 4.42 Å². The highest BCUT2D eigenvalue weighted by Crippen LogP contribution is 2.07. The summed E-state index contributed by atoms with van der Waals surface area (Å²) in [5.41, 5.74) is 0. The van der Waals surface area contributed by atoms with Gasteiger partial charge in [-0.1, -0.05) is 0 Å². The largest absolute Gasteiger partial charge is 0.468 e. The first kappa shape index (κ1) is 7.83. The van der Waals surface area contributed by atoms with Gasteiger partial charge in [0.1, 0.15) is 5.76 Å². The van der Waals surface area contributed by atoms with Crippen molar-refractivity contribution in [3.05, 3.63) is 30.7 Å². The Labute approximate surface area is 72.4 Å². The third kappa shape index (κ3) is 1.87. The number of nitrogens with one attached hydrogen (secondary N) is 1. The molecule has 0 amide bonds. The summed E-state index contributed by atoms with van der Waals surface area (Å²) < 4.78 is 5.25. The zero-order valence-electron chi connectivity index (χ0n) is 6.99. The summed E-state index contributed by atoms with van der Waals surface area (Å²) in [6.45, 7) is 6.18. The zero-order valence-corrected chi connectivity index (χ0v) is 6.99. The van der Waals surface area contributed by atoms with Crippen LogP contribution >= 0.6 is 0 Å². The van der Waals surface area contributed by atoms with Crippen LogP contribution in [0, 0.1) is 6.54 Å². The zero-order chi connectivity index (χ0) is 8.23. The number of rotatable bonds is 2. The maximum atomic E-state index is 5.25. The van der Waals surface area contributed by atoms with Crippen molar-refractivity contribution in [2.24, 2.45) is 0 Å². The molecule has 1 aromatic rings. The van der Waals surface area contributed by atoms with E-state index in [-0.39, 0.29) is 0 Å². The van der Waals surface area contributed by atoms with Gasteiger partial charge in [0.2, 0.25) is 0 Å². The summed E-state index contributed by atoms with van der Waals surface area (Å²) in [4.78, 5) is 2.27. The van der Waals surface area contributed by atoms with E-state index >= 15 is 0 Å². The van der Waals surface area contributed by atoms with E-state index in [1.54, 1.807) is 6.26 Å². The fourth-order valence-corrected chi connectivity index (χ4v) is 1.36. The standard InChI is InChI=1S/C9H13N2O/c1-2-9(12-7-1)8-11-5-3-10-4-6-11/h1-2,5,7,10H,3-4,6,8H2. The summed E-state index contributed by atoms with van der Waals surface area (Å²) >= 11 is 0. The van der Waals surface area contributed by atoms with Crippen LogP contribution in [0.5, 0.6) is 0 Å². The van der Waals surface area contributed by atoms with Gasteiger partial charge < -0.3 is 9.73 Å². The SMILES string of the molecule is [CH]1CNCCN1Cc1ccco1. The monoisotopic (exact) mass is 165 g/mol. The van der Waals surface area contributed by atoms with Crippen molar-refractivity contribution >= 4 is 0 Å². The lowest BCUT2D eigenvalue weighted by Gasteiger charge is -2.25. The van der Waals surface area contributed by atoms with E-state index in [4.69, 9.17) is 4.42 Å². The first-order valence-corrected chi connectivity index (χ1v) is 4.25. The molecule has 0 aliphatic carbocycles. The van der Waals surface area contributed by atoms with Gasteiger partial charge >= 0.3 is 0 Å². The second kappa shape index (κ2) is 3.74. The molecule has 1 aromatic heterocycles. The summed E-state index contributed by atoms with van der Waals surface area (Å²) in [7, 11) is 0. The molecule has 12 heavy (non-hydrogen) atoms. The quantitative estimate of drug-likeness (QED) is 0.704. The van der Waals surface area contributed by atoms with Gasteiger partial charge in [0, 0.05) is 26.2 Å². The van der Waals surface area contributed by atoms with E-state index in [2.05, 4.69) is 16.8 Å². The molecule has 3 heteroatoms. The van der Waals surface area contributed by atoms with Crippen molar-refractivity contribution in [1.29, 1.82) is 0 Å². The summed E-state index contributed by atoms with van der Waals surface area (Å²) in [5.74, 6) is 1.04. The van der Waals surface area contributed by atoms with Gasteiger partial charge in [0.25, 0.3) is 0 Å². The van der Waals surface area contributed by atoms with E-state index in [0.717, 1.165) is 31.9 Å². The topological polar surface area (TPSA) is 28.4 Å². The molecule has 1 radical (unpaired) electrons. The number of hydrogen-bond acceptors (Lipinski definition) is 3. The molecule has 1 saturated heterocycles. The Morgan fingerprint density at radius 2 is 2.58 bits per heavy atom. The number of hydrogen-bond donors (Lipinski definition) is 1. The maximum Gasteiger partial charge on any atom is 0.117 e. The van der Waals surface area contributed by atoms with Crippen LogP contribution in [0.3, 0.4) is 0 Å². The van der Waals surface area contributed by atoms with Gasteiger partial charge in [-0.2, -0.15) is 0 Å². The fourth-order valence-electron chi connectivity index (χ4n) is 1.36. The van der Waals surface area contributed by atoms with Crippen LogP contribution in [0.25, 0.3) is 0 Å². The molecular weight excluding hydrogens is 152 g/mol. The maximum absolute atomic E-state index is 5.25. The molecule has 3 nitrogen and oxygen atoms in total. The molecule has 1 fully saturated rings. The molecule has 0 aromatic carbocycles. The van der Waals surface area contributed by atoms with E-state index < -0.39 is 0 Å². The second-order valence-electron chi connectivity index (χ2n) is 2.94. The lowest BCUT2D eigenvalue weighted by atomic mass is 10.3. The molecular formula is C9H13N2O. The Morgan fingerprint density at radius 3 is 3.25 bits per heavy atom. The minimum atomic E-state index is 0.898. The second-order valence-corrected chi connectivity index (χ2v) is 2.94. The molecule has 65 valence electrons. The average Bonchev–Trinajstić information content (AvgIpc) is 2.59. The normalized spacial score (nSPS) is 19.7. The smallest absolute Gasteiger partial charge is 0.117 e. The van der Waals surface area contributed by atoms with E-state index in [0.29, 0.717) is 0 Å². The number of piperazine rings is 1. The van der Waals surface area contributed by atoms with Gasteiger partial charge in [-0.25, -0.2) is 0 Å². The van der Waals surface area contributed by atoms with Gasteiger partial charge in [0.05, 0.1) is 12.8 Å². The van der Waals surface area contributed by atoms with Crippen LogP contribution < -0.4 is 5.32 Å². The highest BCUT2D eigenvalue weighted by Gasteiger charge is 2.10. The van der Waals surface area contributed by atoms with E-state index in [9.17, 15) is 0 Å². The predicted octanol–water partition coefficient (Wildman–Crippen LogP) is 0.847. The summed E-state index contributed by atoms with van der Waals surface area (Å²) in [6, 6.07) is 3.94. The third-order valence-corrected chi connectivity index (χ3v) is 2.01. The van der Waals surface area contributed by atoms with Crippen molar-refractivity contribution in [2.45, 2.75) is 6.54 Å². The molecule has 0 unspecified atom stereocenters. The van der Waals surface area contributed by atoms with Crippen LogP contribution in [0.1, 0.15) is 5.76 Å². The van der Waals surface area contributed by atoms with E-state index in [1.165, 1.54) is 0 Å². The first-order chi connectivity index (χ1) is 5.95. The highest BCUT2D eigenvalue weighted by molar-refractivity contribution is 4.99. The Morgan fingerprint density at radius 1 is 1.58 bits per heavy atom. The van der Waals surface area contributed by atoms with Crippen LogP contribution in [-0.2, 0) is 6.54 Å². The third-order valence-electron chi connectivity index (χ3n) is 2.01. The number of furan rings is 1. The Kier molecular flexibility index (Phi) is 2.44. The molecule has 2 rings (SSSR count). The first-order valence-electron chi connectivity index (χ1n) is 4.25. The molecule has 1 aliphatic heterocycles. The number of nitrogens with zero attached hydrogens (tertiary/aromatic N) is 1.